The average Bonchev–Trinajstić information content (AvgIpc) is 2.01. The second-order valence-electron chi connectivity index (χ2n) is 4.07. The Morgan fingerprint density at radius 1 is 1.54 bits per heavy atom. The predicted octanol–water partition coefficient (Wildman–Crippen LogP) is 3.46. The molecule has 0 aliphatic heterocycles. The SMILES string of the molecule is CCC(C)/C=C(\C=NC)C1CCC1. The fourth-order valence-corrected chi connectivity index (χ4v) is 1.62. The maximum atomic E-state index is 4.13. The molecule has 0 radical (unpaired) electrons. The summed E-state index contributed by atoms with van der Waals surface area (Å²) in [6.45, 7) is 4.52. The van der Waals surface area contributed by atoms with Gasteiger partial charge in [0.25, 0.3) is 0 Å². The van der Waals surface area contributed by atoms with E-state index >= 15 is 0 Å². The molecule has 1 unspecified atom stereocenters. The van der Waals surface area contributed by atoms with Crippen LogP contribution in [-0.4, -0.2) is 13.3 Å². The Balaban J connectivity index is 2.59. The van der Waals surface area contributed by atoms with Crippen molar-refractivity contribution in [3.63, 3.8) is 0 Å². The quantitative estimate of drug-likeness (QED) is 0.586. The number of nitrogens with zero attached hydrogens (tertiary/aromatic N) is 1. The van der Waals surface area contributed by atoms with Crippen LogP contribution in [0.2, 0.25) is 0 Å². The lowest BCUT2D eigenvalue weighted by molar-refractivity contribution is 0.376. The molecule has 1 heteroatoms. The zero-order chi connectivity index (χ0) is 9.68. The summed E-state index contributed by atoms with van der Waals surface area (Å²) in [5, 5.41) is 0. The maximum Gasteiger partial charge on any atom is 0.0277 e. The Morgan fingerprint density at radius 2 is 2.23 bits per heavy atom. The van der Waals surface area contributed by atoms with Gasteiger partial charge < -0.3 is 0 Å². The molecule has 0 aromatic carbocycles. The van der Waals surface area contributed by atoms with Gasteiger partial charge in [-0.1, -0.05) is 32.8 Å². The van der Waals surface area contributed by atoms with E-state index in [0.29, 0.717) is 5.92 Å². The molecular weight excluding hydrogens is 158 g/mol. The molecule has 1 aliphatic rings. The van der Waals surface area contributed by atoms with Crippen LogP contribution in [0.4, 0.5) is 0 Å². The van der Waals surface area contributed by atoms with Crippen LogP contribution in [0.15, 0.2) is 16.6 Å². The molecule has 0 aromatic heterocycles. The summed E-state index contributed by atoms with van der Waals surface area (Å²) in [5.74, 6) is 1.52. The Morgan fingerprint density at radius 3 is 2.62 bits per heavy atom. The van der Waals surface area contributed by atoms with Crippen molar-refractivity contribution >= 4 is 6.21 Å². The Kier molecular flexibility index (Phi) is 4.20. The second kappa shape index (κ2) is 5.21. The minimum absolute atomic E-state index is 0.702. The van der Waals surface area contributed by atoms with E-state index < -0.39 is 0 Å². The average molecular weight is 179 g/mol. The summed E-state index contributed by atoms with van der Waals surface area (Å²) in [5.41, 5.74) is 1.48. The van der Waals surface area contributed by atoms with Crippen molar-refractivity contribution in [2.24, 2.45) is 16.8 Å². The summed E-state index contributed by atoms with van der Waals surface area (Å²) in [4.78, 5) is 4.13. The van der Waals surface area contributed by atoms with E-state index in [2.05, 4.69) is 31.1 Å². The van der Waals surface area contributed by atoms with Gasteiger partial charge in [0.05, 0.1) is 0 Å². The van der Waals surface area contributed by atoms with Gasteiger partial charge in [-0.3, -0.25) is 4.99 Å². The van der Waals surface area contributed by atoms with Gasteiger partial charge in [0, 0.05) is 13.3 Å². The van der Waals surface area contributed by atoms with E-state index in [9.17, 15) is 0 Å². The highest BCUT2D eigenvalue weighted by Crippen LogP contribution is 2.33. The highest BCUT2D eigenvalue weighted by atomic mass is 14.6. The zero-order valence-electron chi connectivity index (χ0n) is 9.09. The molecule has 0 aromatic rings. The Bertz CT molecular complexity index is 199. The topological polar surface area (TPSA) is 12.4 Å². The van der Waals surface area contributed by atoms with Gasteiger partial charge in [-0.25, -0.2) is 0 Å². The number of allylic oxidation sites excluding steroid dienone is 2. The Labute approximate surface area is 82.0 Å². The van der Waals surface area contributed by atoms with Crippen LogP contribution in [0.5, 0.6) is 0 Å². The molecule has 1 nitrogen and oxygen atoms in total. The molecule has 1 fully saturated rings. The number of hydrogen-bond acceptors (Lipinski definition) is 1. The molecule has 13 heavy (non-hydrogen) atoms. The lowest BCUT2D eigenvalue weighted by Gasteiger charge is -2.27. The van der Waals surface area contributed by atoms with Crippen molar-refractivity contribution < 1.29 is 0 Å². The van der Waals surface area contributed by atoms with Crippen molar-refractivity contribution in [3.8, 4) is 0 Å². The van der Waals surface area contributed by atoms with Crippen LogP contribution in [-0.2, 0) is 0 Å². The standard InChI is InChI=1S/C12H21N/c1-4-10(2)8-12(9-13-3)11-6-5-7-11/h8-11H,4-7H2,1-3H3/b12-8+,13-9?. The maximum absolute atomic E-state index is 4.13. The number of rotatable bonds is 4. The third-order valence-electron chi connectivity index (χ3n) is 2.98. The Hall–Kier alpha value is -0.590. The van der Waals surface area contributed by atoms with Gasteiger partial charge in [-0.15, -0.1) is 0 Å². The monoisotopic (exact) mass is 179 g/mol. The molecule has 0 bridgehead atoms. The summed E-state index contributed by atoms with van der Waals surface area (Å²) in [6, 6.07) is 0. The summed E-state index contributed by atoms with van der Waals surface area (Å²) < 4.78 is 0. The first kappa shape index (κ1) is 10.5. The molecule has 0 N–H and O–H groups in total. The molecule has 0 heterocycles. The summed E-state index contributed by atoms with van der Waals surface area (Å²) in [6.07, 6.45) is 9.82. The van der Waals surface area contributed by atoms with E-state index in [0.717, 1.165) is 5.92 Å². The zero-order valence-corrected chi connectivity index (χ0v) is 9.09. The van der Waals surface area contributed by atoms with Gasteiger partial charge in [0.15, 0.2) is 0 Å². The lowest BCUT2D eigenvalue weighted by Crippen LogP contribution is -2.15. The fourth-order valence-electron chi connectivity index (χ4n) is 1.62. The minimum Gasteiger partial charge on any atom is -0.296 e. The minimum atomic E-state index is 0.702. The van der Waals surface area contributed by atoms with Gasteiger partial charge in [-0.05, 0) is 30.3 Å². The van der Waals surface area contributed by atoms with E-state index in [-0.39, 0.29) is 0 Å². The summed E-state index contributed by atoms with van der Waals surface area (Å²) in [7, 11) is 1.86. The molecule has 0 spiro atoms. The molecule has 1 saturated carbocycles. The molecular formula is C12H21N. The molecule has 0 amide bonds. The van der Waals surface area contributed by atoms with Crippen LogP contribution in [0.25, 0.3) is 0 Å². The first-order valence-electron chi connectivity index (χ1n) is 5.41. The third-order valence-corrected chi connectivity index (χ3v) is 2.98. The predicted molar refractivity (Wildman–Crippen MR) is 59.3 cm³/mol. The second-order valence-corrected chi connectivity index (χ2v) is 4.07. The van der Waals surface area contributed by atoms with Crippen molar-refractivity contribution in [2.45, 2.75) is 39.5 Å². The molecule has 1 aliphatic carbocycles. The van der Waals surface area contributed by atoms with Crippen molar-refractivity contribution in [1.82, 2.24) is 0 Å². The largest absolute Gasteiger partial charge is 0.296 e. The van der Waals surface area contributed by atoms with Crippen LogP contribution >= 0.6 is 0 Å². The summed E-state index contributed by atoms with van der Waals surface area (Å²) >= 11 is 0. The normalized spacial score (nSPS) is 21.9. The van der Waals surface area contributed by atoms with Crippen molar-refractivity contribution in [1.29, 1.82) is 0 Å². The highest BCUT2D eigenvalue weighted by Gasteiger charge is 2.20. The van der Waals surface area contributed by atoms with Crippen molar-refractivity contribution in [2.75, 3.05) is 7.05 Å². The molecule has 1 atom stereocenters. The highest BCUT2D eigenvalue weighted by molar-refractivity contribution is 5.79. The van der Waals surface area contributed by atoms with E-state index in [1.54, 1.807) is 0 Å². The van der Waals surface area contributed by atoms with Gasteiger partial charge >= 0.3 is 0 Å². The lowest BCUT2D eigenvalue weighted by atomic mass is 9.79. The molecule has 74 valence electrons. The van der Waals surface area contributed by atoms with Crippen LogP contribution in [0.1, 0.15) is 39.5 Å². The van der Waals surface area contributed by atoms with Gasteiger partial charge in [-0.2, -0.15) is 0 Å². The first-order valence-corrected chi connectivity index (χ1v) is 5.41. The number of hydrogen-bond donors (Lipinski definition) is 0. The smallest absolute Gasteiger partial charge is 0.0277 e. The van der Waals surface area contributed by atoms with Crippen LogP contribution < -0.4 is 0 Å². The van der Waals surface area contributed by atoms with Crippen LogP contribution in [0.3, 0.4) is 0 Å². The van der Waals surface area contributed by atoms with Crippen LogP contribution in [0, 0.1) is 11.8 Å². The van der Waals surface area contributed by atoms with Crippen molar-refractivity contribution in [3.05, 3.63) is 11.6 Å². The first-order chi connectivity index (χ1) is 6.27. The fraction of sp³-hybridized carbons (Fsp3) is 0.750. The third kappa shape index (κ3) is 2.98. The number of aliphatic imine (C=N–C) groups is 1. The van der Waals surface area contributed by atoms with E-state index in [4.69, 9.17) is 0 Å². The van der Waals surface area contributed by atoms with Gasteiger partial charge in [0.1, 0.15) is 0 Å². The van der Waals surface area contributed by atoms with Gasteiger partial charge in [0.2, 0.25) is 0 Å². The van der Waals surface area contributed by atoms with E-state index in [1.165, 1.54) is 31.3 Å². The van der Waals surface area contributed by atoms with E-state index in [1.807, 2.05) is 7.05 Å². The molecule has 1 rings (SSSR count). The molecule has 0 saturated heterocycles.